The topological polar surface area (TPSA) is 234 Å². The van der Waals surface area contributed by atoms with E-state index in [2.05, 4.69) is 40.7 Å². The lowest BCUT2D eigenvalue weighted by Gasteiger charge is -2.70. The highest BCUT2D eigenvalue weighted by molar-refractivity contribution is 6.00. The van der Waals surface area contributed by atoms with Crippen molar-refractivity contribution in [3.63, 3.8) is 0 Å². The molecule has 15 heteroatoms. The summed E-state index contributed by atoms with van der Waals surface area (Å²) in [5.74, 6) is 1.29. The highest BCUT2D eigenvalue weighted by Crippen LogP contribution is 2.74. The van der Waals surface area contributed by atoms with E-state index in [4.69, 9.17) is 28.4 Å². The van der Waals surface area contributed by atoms with E-state index in [-0.39, 0.29) is 40.3 Å². The van der Waals surface area contributed by atoms with Gasteiger partial charge in [-0.3, -0.25) is 4.79 Å². The van der Waals surface area contributed by atoms with Crippen LogP contribution >= 0.6 is 0 Å². The summed E-state index contributed by atoms with van der Waals surface area (Å²) in [7, 11) is 0. The first-order valence-electron chi connectivity index (χ1n) is 21.9. The Morgan fingerprint density at radius 3 is 2.10 bits per heavy atom. The SMILES string of the molecule is CC1=C2C3=CCC4C5(C)CCC(OC6OCC(O)C(OC7OC(CO)C(O)C(O)C7O)C6OC6OC(C)C(O)C(O)C6O)C(C)(C)C5CCC4(C)C3(C)CCC2CC1=O. The highest BCUT2D eigenvalue weighted by Gasteiger charge is 2.67. The number of aliphatic hydroxyl groups is 8. The molecule has 15 nitrogen and oxygen atoms in total. The molecule has 0 spiro atoms. The van der Waals surface area contributed by atoms with Gasteiger partial charge in [0.15, 0.2) is 24.7 Å². The summed E-state index contributed by atoms with van der Waals surface area (Å²) >= 11 is 0. The number of hydrogen-bond donors (Lipinski definition) is 8. The minimum atomic E-state index is -1.78. The number of ketones is 1. The number of allylic oxidation sites excluding steroid dienone is 4. The molecule has 0 aromatic carbocycles. The van der Waals surface area contributed by atoms with Gasteiger partial charge in [-0.15, -0.1) is 0 Å². The summed E-state index contributed by atoms with van der Waals surface area (Å²) in [6.45, 7) is 14.4. The fraction of sp³-hybridized carbons (Fsp3) is 0.886. The summed E-state index contributed by atoms with van der Waals surface area (Å²) in [5.41, 5.74) is 3.27. The van der Waals surface area contributed by atoms with Crippen molar-refractivity contribution in [2.45, 2.75) is 192 Å². The summed E-state index contributed by atoms with van der Waals surface area (Å²) in [4.78, 5) is 12.9. The molecule has 3 heterocycles. The lowest BCUT2D eigenvalue weighted by Crippen LogP contribution is -2.66. The van der Waals surface area contributed by atoms with Crippen molar-refractivity contribution in [1.82, 2.24) is 0 Å². The van der Waals surface area contributed by atoms with Crippen LogP contribution in [0.3, 0.4) is 0 Å². The Kier molecular flexibility index (Phi) is 11.8. The normalized spacial score (nSPS) is 53.5. The molecule has 0 amide bonds. The van der Waals surface area contributed by atoms with Gasteiger partial charge in [0.05, 0.1) is 25.4 Å². The Balaban J connectivity index is 1.07. The molecule has 5 aliphatic carbocycles. The van der Waals surface area contributed by atoms with E-state index in [1.165, 1.54) is 18.1 Å². The molecule has 3 aliphatic heterocycles. The molecule has 6 fully saturated rings. The highest BCUT2D eigenvalue weighted by atomic mass is 16.8. The van der Waals surface area contributed by atoms with E-state index < -0.39 is 92.6 Å². The van der Waals surface area contributed by atoms with Crippen molar-refractivity contribution in [3.05, 3.63) is 22.8 Å². The van der Waals surface area contributed by atoms with E-state index >= 15 is 0 Å². The van der Waals surface area contributed by atoms with Gasteiger partial charge in [0, 0.05) is 6.42 Å². The third kappa shape index (κ3) is 6.79. The maximum atomic E-state index is 12.9. The Labute approximate surface area is 346 Å². The lowest BCUT2D eigenvalue weighted by molar-refractivity contribution is -0.388. The van der Waals surface area contributed by atoms with E-state index in [1.54, 1.807) is 0 Å². The van der Waals surface area contributed by atoms with Crippen molar-refractivity contribution < 1.29 is 74.1 Å². The van der Waals surface area contributed by atoms with Gasteiger partial charge in [0.2, 0.25) is 0 Å². The molecule has 334 valence electrons. The minimum Gasteiger partial charge on any atom is -0.394 e. The van der Waals surface area contributed by atoms with E-state index in [9.17, 15) is 45.6 Å². The monoisotopic (exact) mass is 836 g/mol. The second-order valence-electron chi connectivity index (χ2n) is 20.5. The van der Waals surface area contributed by atoms with Gasteiger partial charge in [-0.2, -0.15) is 0 Å². The summed E-state index contributed by atoms with van der Waals surface area (Å²) in [6, 6.07) is 0. The van der Waals surface area contributed by atoms with Crippen molar-refractivity contribution in [3.8, 4) is 0 Å². The minimum absolute atomic E-state index is 0.0304. The first-order chi connectivity index (χ1) is 27.7. The van der Waals surface area contributed by atoms with Crippen molar-refractivity contribution in [1.29, 1.82) is 0 Å². The number of aliphatic hydroxyl groups excluding tert-OH is 8. The summed E-state index contributed by atoms with van der Waals surface area (Å²) < 4.78 is 37.0. The molecule has 8 N–H and O–H groups in total. The van der Waals surface area contributed by atoms with Crippen LogP contribution in [0.25, 0.3) is 0 Å². The molecule has 8 aliphatic rings. The number of carbonyl (C=O) groups excluding carboxylic acids is 1. The standard InChI is InChI=1S/C44H68O15/c1-19-23(46)16-21-10-14-43(6)22(29(19)21)8-9-27-42(5)13-12-28(41(3,4)26(42)11-15-44(27,43)7)57-40-37(59-38-34(52)32(50)30(48)20(2)55-38)36(24(47)18-54-40)58-39-35(53)33(51)31(49)25(17-45)56-39/h8,20-21,24-28,30-40,45,47-53H,9-18H2,1-7H3. The number of ether oxygens (including phenoxy) is 6. The summed E-state index contributed by atoms with van der Waals surface area (Å²) in [5, 5.41) is 85.1. The van der Waals surface area contributed by atoms with E-state index in [0.29, 0.717) is 30.5 Å². The first kappa shape index (κ1) is 44.2. The zero-order chi connectivity index (χ0) is 42.7. The van der Waals surface area contributed by atoms with Crippen LogP contribution in [-0.4, -0.2) is 152 Å². The van der Waals surface area contributed by atoms with Crippen molar-refractivity contribution in [2.24, 2.45) is 39.4 Å². The van der Waals surface area contributed by atoms with Crippen LogP contribution in [0.2, 0.25) is 0 Å². The second kappa shape index (κ2) is 15.7. The fourth-order valence-electron chi connectivity index (χ4n) is 13.6. The maximum Gasteiger partial charge on any atom is 0.187 e. The quantitative estimate of drug-likeness (QED) is 0.169. The largest absolute Gasteiger partial charge is 0.394 e. The van der Waals surface area contributed by atoms with Crippen LogP contribution in [0.4, 0.5) is 0 Å². The fourth-order valence-corrected chi connectivity index (χ4v) is 13.6. The van der Waals surface area contributed by atoms with Crippen LogP contribution in [0, 0.1) is 39.4 Å². The number of carbonyl (C=O) groups is 1. The average molecular weight is 837 g/mol. The molecular weight excluding hydrogens is 768 g/mol. The van der Waals surface area contributed by atoms with Gasteiger partial charge < -0.3 is 69.3 Å². The van der Waals surface area contributed by atoms with Gasteiger partial charge in [-0.25, -0.2) is 0 Å². The molecule has 0 bridgehead atoms. The predicted octanol–water partition coefficient (Wildman–Crippen LogP) is 1.38. The molecule has 3 saturated heterocycles. The van der Waals surface area contributed by atoms with Crippen LogP contribution in [0.5, 0.6) is 0 Å². The molecule has 0 radical (unpaired) electrons. The lowest BCUT2D eigenvalue weighted by atomic mass is 9.35. The summed E-state index contributed by atoms with van der Waals surface area (Å²) in [6.07, 6.45) is -11.4. The van der Waals surface area contributed by atoms with Gasteiger partial charge in [-0.1, -0.05) is 40.7 Å². The average Bonchev–Trinajstić information content (AvgIpc) is 3.48. The number of hydrogen-bond acceptors (Lipinski definition) is 15. The Hall–Kier alpha value is -1.41. The molecule has 3 saturated carbocycles. The van der Waals surface area contributed by atoms with Crippen LogP contribution < -0.4 is 0 Å². The number of fused-ring (bicyclic) bond motifs is 7. The van der Waals surface area contributed by atoms with Gasteiger partial charge in [0.25, 0.3) is 0 Å². The molecule has 21 atom stereocenters. The maximum absolute atomic E-state index is 12.9. The van der Waals surface area contributed by atoms with Gasteiger partial charge in [0.1, 0.15) is 61.0 Å². The Morgan fingerprint density at radius 1 is 0.746 bits per heavy atom. The molecule has 0 aromatic heterocycles. The van der Waals surface area contributed by atoms with Gasteiger partial charge >= 0.3 is 0 Å². The zero-order valence-corrected chi connectivity index (χ0v) is 35.5. The van der Waals surface area contributed by atoms with Crippen molar-refractivity contribution in [2.75, 3.05) is 13.2 Å². The van der Waals surface area contributed by atoms with Crippen LogP contribution in [0.15, 0.2) is 22.8 Å². The second-order valence-corrected chi connectivity index (χ2v) is 20.5. The smallest absolute Gasteiger partial charge is 0.187 e. The number of rotatable bonds is 7. The third-order valence-electron chi connectivity index (χ3n) is 17.3. The Bertz CT molecular complexity index is 1670. The molecular formula is C44H68O15. The molecule has 0 aromatic rings. The molecule has 59 heavy (non-hydrogen) atoms. The molecule has 21 unspecified atom stereocenters. The van der Waals surface area contributed by atoms with E-state index in [1.807, 2.05) is 6.92 Å². The van der Waals surface area contributed by atoms with Gasteiger partial charge in [-0.05, 0) is 115 Å². The van der Waals surface area contributed by atoms with Crippen LogP contribution in [0.1, 0.15) is 99.8 Å². The predicted molar refractivity (Wildman–Crippen MR) is 208 cm³/mol. The first-order valence-corrected chi connectivity index (χ1v) is 21.9. The zero-order valence-electron chi connectivity index (χ0n) is 35.5. The number of Topliss-reactive ketones (excluding diaryl/α,β-unsaturated/α-hetero) is 1. The molecule has 8 rings (SSSR count). The van der Waals surface area contributed by atoms with E-state index in [0.717, 1.165) is 44.1 Å². The van der Waals surface area contributed by atoms with Crippen molar-refractivity contribution >= 4 is 5.78 Å². The third-order valence-corrected chi connectivity index (χ3v) is 17.3. The van der Waals surface area contributed by atoms with Crippen LogP contribution in [-0.2, 0) is 33.2 Å². The Morgan fingerprint density at radius 2 is 1.41 bits per heavy atom.